The Balaban J connectivity index is 2.33. The molecule has 1 aliphatic rings. The molecule has 0 radical (unpaired) electrons. The van der Waals surface area contributed by atoms with Crippen molar-refractivity contribution in [3.8, 4) is 0 Å². The van der Waals surface area contributed by atoms with Crippen molar-refractivity contribution in [2.75, 3.05) is 11.9 Å². The second-order valence-corrected chi connectivity index (χ2v) is 4.19. The molecule has 1 aromatic carbocycles. The zero-order chi connectivity index (χ0) is 10.1. The van der Waals surface area contributed by atoms with Gasteiger partial charge in [0.05, 0.1) is 5.02 Å². The highest BCUT2D eigenvalue weighted by molar-refractivity contribution is 6.30. The first-order valence-electron chi connectivity index (χ1n) is 4.92. The Bertz CT molecular complexity index is 351. The van der Waals surface area contributed by atoms with E-state index < -0.39 is 0 Å². The van der Waals surface area contributed by atoms with Crippen LogP contribution >= 0.6 is 11.6 Å². The molecular weight excluding hydrogens is 201 g/mol. The summed E-state index contributed by atoms with van der Waals surface area (Å²) in [6, 6.07) is 3.23. The minimum Gasteiger partial charge on any atom is -0.384 e. The van der Waals surface area contributed by atoms with E-state index in [1.807, 2.05) is 0 Å². The van der Waals surface area contributed by atoms with E-state index in [2.05, 4.69) is 12.2 Å². The SMILES string of the molecule is CCC1CNc2cc(F)c(Cl)cc2C1. The highest BCUT2D eigenvalue weighted by Crippen LogP contribution is 2.30. The fraction of sp³-hybridized carbons (Fsp3) is 0.455. The Morgan fingerprint density at radius 3 is 3.07 bits per heavy atom. The van der Waals surface area contributed by atoms with Gasteiger partial charge in [-0.2, -0.15) is 0 Å². The second-order valence-electron chi connectivity index (χ2n) is 3.78. The van der Waals surface area contributed by atoms with Crippen molar-refractivity contribution in [1.29, 1.82) is 0 Å². The lowest BCUT2D eigenvalue weighted by Gasteiger charge is -2.25. The van der Waals surface area contributed by atoms with Crippen LogP contribution in [0, 0.1) is 11.7 Å². The second kappa shape index (κ2) is 3.77. The number of nitrogens with one attached hydrogen (secondary N) is 1. The maximum atomic E-state index is 13.1. The van der Waals surface area contributed by atoms with E-state index in [0.29, 0.717) is 5.92 Å². The summed E-state index contributed by atoms with van der Waals surface area (Å²) in [5.41, 5.74) is 2.03. The lowest BCUT2D eigenvalue weighted by Crippen LogP contribution is -2.22. The molecule has 1 atom stereocenters. The summed E-state index contributed by atoms with van der Waals surface area (Å²) in [7, 11) is 0. The van der Waals surface area contributed by atoms with Crippen LogP contribution in [-0.4, -0.2) is 6.54 Å². The standard InChI is InChI=1S/C11H13ClFN/c1-2-7-3-8-4-9(12)10(13)5-11(8)14-6-7/h4-5,7,14H,2-3,6H2,1H3. The van der Waals surface area contributed by atoms with Crippen molar-refractivity contribution in [3.05, 3.63) is 28.5 Å². The topological polar surface area (TPSA) is 12.0 Å². The quantitative estimate of drug-likeness (QED) is 0.753. The lowest BCUT2D eigenvalue weighted by molar-refractivity contribution is 0.519. The van der Waals surface area contributed by atoms with Crippen molar-refractivity contribution in [2.24, 2.45) is 5.92 Å². The normalized spacial score (nSPS) is 20.1. The molecule has 1 N–H and O–H groups in total. The van der Waals surface area contributed by atoms with Crippen molar-refractivity contribution in [3.63, 3.8) is 0 Å². The van der Waals surface area contributed by atoms with Gasteiger partial charge in [0.25, 0.3) is 0 Å². The molecule has 1 aromatic rings. The molecular formula is C11H13ClFN. The molecule has 0 spiro atoms. The number of fused-ring (bicyclic) bond motifs is 1. The molecule has 2 rings (SSSR count). The third kappa shape index (κ3) is 1.71. The van der Waals surface area contributed by atoms with E-state index in [0.717, 1.165) is 30.6 Å². The van der Waals surface area contributed by atoms with E-state index in [-0.39, 0.29) is 10.8 Å². The number of benzene rings is 1. The van der Waals surface area contributed by atoms with Gasteiger partial charge in [-0.15, -0.1) is 0 Å². The number of hydrogen-bond acceptors (Lipinski definition) is 1. The Hall–Kier alpha value is -0.760. The molecule has 0 aromatic heterocycles. The molecule has 0 saturated heterocycles. The third-order valence-corrected chi connectivity index (χ3v) is 3.10. The average Bonchev–Trinajstić information content (AvgIpc) is 2.19. The molecule has 0 saturated carbocycles. The van der Waals surface area contributed by atoms with Crippen LogP contribution in [0.1, 0.15) is 18.9 Å². The molecule has 0 bridgehead atoms. The van der Waals surface area contributed by atoms with E-state index in [1.54, 1.807) is 6.07 Å². The van der Waals surface area contributed by atoms with Crippen LogP contribution in [0.3, 0.4) is 0 Å². The van der Waals surface area contributed by atoms with Crippen LogP contribution in [0.2, 0.25) is 5.02 Å². The average molecular weight is 214 g/mol. The van der Waals surface area contributed by atoms with Gasteiger partial charge in [-0.05, 0) is 30.0 Å². The largest absolute Gasteiger partial charge is 0.384 e. The van der Waals surface area contributed by atoms with E-state index in [4.69, 9.17) is 11.6 Å². The zero-order valence-electron chi connectivity index (χ0n) is 8.11. The Morgan fingerprint density at radius 1 is 1.57 bits per heavy atom. The molecule has 0 fully saturated rings. The van der Waals surface area contributed by atoms with Gasteiger partial charge in [-0.1, -0.05) is 24.9 Å². The molecule has 0 aliphatic carbocycles. The van der Waals surface area contributed by atoms with Gasteiger partial charge in [0.15, 0.2) is 0 Å². The van der Waals surface area contributed by atoms with Crippen LogP contribution in [-0.2, 0) is 6.42 Å². The fourth-order valence-corrected chi connectivity index (χ4v) is 2.03. The first kappa shape index (κ1) is 9.78. The first-order chi connectivity index (χ1) is 6.70. The molecule has 0 amide bonds. The number of rotatable bonds is 1. The predicted octanol–water partition coefficient (Wildman–Crippen LogP) is 3.47. The summed E-state index contributed by atoms with van der Waals surface area (Å²) in [6.45, 7) is 3.10. The monoisotopic (exact) mass is 213 g/mol. The van der Waals surface area contributed by atoms with Gasteiger partial charge in [0.1, 0.15) is 5.82 Å². The summed E-state index contributed by atoms with van der Waals surface area (Å²) in [4.78, 5) is 0. The molecule has 76 valence electrons. The van der Waals surface area contributed by atoms with E-state index >= 15 is 0 Å². The van der Waals surface area contributed by atoms with E-state index in [1.165, 1.54) is 6.07 Å². The molecule has 1 nitrogen and oxygen atoms in total. The molecule has 1 unspecified atom stereocenters. The predicted molar refractivity (Wildman–Crippen MR) is 57.4 cm³/mol. The molecule has 14 heavy (non-hydrogen) atoms. The van der Waals surface area contributed by atoms with Crippen molar-refractivity contribution in [1.82, 2.24) is 0 Å². The van der Waals surface area contributed by atoms with Crippen molar-refractivity contribution in [2.45, 2.75) is 19.8 Å². The summed E-state index contributed by atoms with van der Waals surface area (Å²) in [5, 5.41) is 3.46. The van der Waals surface area contributed by atoms with Crippen molar-refractivity contribution < 1.29 is 4.39 Å². The maximum Gasteiger partial charge on any atom is 0.143 e. The minimum atomic E-state index is -0.340. The molecule has 1 heterocycles. The zero-order valence-corrected chi connectivity index (χ0v) is 8.87. The van der Waals surface area contributed by atoms with Crippen LogP contribution in [0.4, 0.5) is 10.1 Å². The summed E-state index contributed by atoms with van der Waals surface area (Å²) >= 11 is 5.73. The molecule has 1 aliphatic heterocycles. The highest BCUT2D eigenvalue weighted by Gasteiger charge is 2.18. The van der Waals surface area contributed by atoms with Crippen LogP contribution < -0.4 is 5.32 Å². The number of halogens is 2. The highest BCUT2D eigenvalue weighted by atomic mass is 35.5. The van der Waals surface area contributed by atoms with Gasteiger partial charge in [0, 0.05) is 12.2 Å². The minimum absolute atomic E-state index is 0.224. The van der Waals surface area contributed by atoms with Gasteiger partial charge >= 0.3 is 0 Å². The van der Waals surface area contributed by atoms with Gasteiger partial charge in [0.2, 0.25) is 0 Å². The van der Waals surface area contributed by atoms with Gasteiger partial charge in [-0.3, -0.25) is 0 Å². The van der Waals surface area contributed by atoms with Crippen LogP contribution in [0.5, 0.6) is 0 Å². The summed E-state index contributed by atoms with van der Waals surface area (Å²) in [5.74, 6) is 0.303. The number of hydrogen-bond donors (Lipinski definition) is 1. The molecule has 3 heteroatoms. The fourth-order valence-electron chi connectivity index (χ4n) is 1.85. The van der Waals surface area contributed by atoms with Crippen LogP contribution in [0.15, 0.2) is 12.1 Å². The van der Waals surface area contributed by atoms with Gasteiger partial charge in [-0.25, -0.2) is 4.39 Å². The van der Waals surface area contributed by atoms with E-state index in [9.17, 15) is 4.39 Å². The first-order valence-corrected chi connectivity index (χ1v) is 5.30. The number of anilines is 1. The Morgan fingerprint density at radius 2 is 2.36 bits per heavy atom. The van der Waals surface area contributed by atoms with Gasteiger partial charge < -0.3 is 5.32 Å². The smallest absolute Gasteiger partial charge is 0.143 e. The summed E-state index contributed by atoms with van der Waals surface area (Å²) in [6.07, 6.45) is 2.14. The summed E-state index contributed by atoms with van der Waals surface area (Å²) < 4.78 is 13.1. The Kier molecular flexibility index (Phi) is 2.64. The maximum absolute atomic E-state index is 13.1. The lowest BCUT2D eigenvalue weighted by atomic mass is 9.92. The third-order valence-electron chi connectivity index (χ3n) is 2.81. The van der Waals surface area contributed by atoms with Crippen molar-refractivity contribution >= 4 is 17.3 Å². The van der Waals surface area contributed by atoms with Crippen LogP contribution in [0.25, 0.3) is 0 Å². The Labute approximate surface area is 88.3 Å².